The predicted molar refractivity (Wildman–Crippen MR) is 50.5 cm³/mol. The Bertz CT molecular complexity index is 343. The maximum Gasteiger partial charge on any atom is 0.415 e. The van der Waals surface area contributed by atoms with Crippen molar-refractivity contribution in [3.05, 3.63) is 23.8 Å². The summed E-state index contributed by atoms with van der Waals surface area (Å²) in [7, 11) is 0. The second-order valence-corrected chi connectivity index (χ2v) is 3.34. The maximum absolute atomic E-state index is 11.9. The van der Waals surface area contributed by atoms with Gasteiger partial charge in [0.1, 0.15) is 6.33 Å². The number of aryl methyl sites for hydroxylation is 1. The van der Waals surface area contributed by atoms with E-state index < -0.39 is 18.8 Å². The molecule has 7 heteroatoms. The van der Waals surface area contributed by atoms with Crippen LogP contribution in [0.25, 0.3) is 0 Å². The lowest BCUT2D eigenvalue weighted by molar-refractivity contribution is -0.201. The molecule has 16 heavy (non-hydrogen) atoms. The first-order valence-electron chi connectivity index (χ1n) is 4.62. The Morgan fingerprint density at radius 3 is 2.69 bits per heavy atom. The molecule has 1 unspecified atom stereocenters. The quantitative estimate of drug-likeness (QED) is 0.810. The fraction of sp³-hybridized carbons (Fsp3) is 0.556. The highest BCUT2D eigenvalue weighted by Crippen LogP contribution is 2.19. The molecule has 0 spiro atoms. The van der Waals surface area contributed by atoms with Crippen LogP contribution < -0.4 is 5.32 Å². The van der Waals surface area contributed by atoms with Crippen LogP contribution in [-0.2, 0) is 6.54 Å². The Balaban J connectivity index is 2.36. The molecule has 0 aromatic carbocycles. The first kappa shape index (κ1) is 12.9. The number of aliphatic hydroxyl groups is 1. The first-order chi connectivity index (χ1) is 7.39. The monoisotopic (exact) mass is 235 g/mol. The third-order valence-corrected chi connectivity index (χ3v) is 1.88. The van der Waals surface area contributed by atoms with E-state index in [1.807, 2.05) is 0 Å². The summed E-state index contributed by atoms with van der Waals surface area (Å²) >= 11 is 0. The SMILES string of the molecule is Cc1cc(CNCC(O)C(F)(F)F)ncn1. The second-order valence-electron chi connectivity index (χ2n) is 3.34. The summed E-state index contributed by atoms with van der Waals surface area (Å²) in [5, 5.41) is 11.2. The predicted octanol–water partition coefficient (Wildman–Crippen LogP) is 0.798. The number of hydrogen-bond donors (Lipinski definition) is 2. The summed E-state index contributed by atoms with van der Waals surface area (Å²) in [4.78, 5) is 7.72. The highest BCUT2D eigenvalue weighted by Gasteiger charge is 2.37. The zero-order chi connectivity index (χ0) is 12.2. The van der Waals surface area contributed by atoms with Crippen molar-refractivity contribution in [2.24, 2.45) is 0 Å². The maximum atomic E-state index is 11.9. The van der Waals surface area contributed by atoms with E-state index in [9.17, 15) is 13.2 Å². The van der Waals surface area contributed by atoms with E-state index in [1.54, 1.807) is 13.0 Å². The van der Waals surface area contributed by atoms with Gasteiger partial charge in [-0.25, -0.2) is 9.97 Å². The van der Waals surface area contributed by atoms with Crippen LogP contribution >= 0.6 is 0 Å². The molecule has 4 nitrogen and oxygen atoms in total. The number of alkyl halides is 3. The number of nitrogens with zero attached hydrogens (tertiary/aromatic N) is 2. The van der Waals surface area contributed by atoms with Crippen LogP contribution in [0.3, 0.4) is 0 Å². The summed E-state index contributed by atoms with van der Waals surface area (Å²) in [6.07, 6.45) is -5.60. The molecule has 0 saturated heterocycles. The highest BCUT2D eigenvalue weighted by molar-refractivity contribution is 5.05. The van der Waals surface area contributed by atoms with E-state index in [1.165, 1.54) is 6.33 Å². The van der Waals surface area contributed by atoms with Gasteiger partial charge in [-0.1, -0.05) is 0 Å². The molecule has 0 aliphatic heterocycles. The lowest BCUT2D eigenvalue weighted by Crippen LogP contribution is -2.38. The van der Waals surface area contributed by atoms with E-state index in [4.69, 9.17) is 5.11 Å². The van der Waals surface area contributed by atoms with Crippen LogP contribution in [-0.4, -0.2) is 33.9 Å². The fourth-order valence-corrected chi connectivity index (χ4v) is 1.06. The molecule has 0 aliphatic carbocycles. The Hall–Kier alpha value is -1.21. The van der Waals surface area contributed by atoms with Crippen molar-refractivity contribution >= 4 is 0 Å². The third kappa shape index (κ3) is 4.11. The zero-order valence-corrected chi connectivity index (χ0v) is 8.62. The van der Waals surface area contributed by atoms with Gasteiger partial charge in [0, 0.05) is 18.8 Å². The van der Waals surface area contributed by atoms with Crippen molar-refractivity contribution in [1.82, 2.24) is 15.3 Å². The fourth-order valence-electron chi connectivity index (χ4n) is 1.06. The topological polar surface area (TPSA) is 58.0 Å². The standard InChI is InChI=1S/C9H12F3N3O/c1-6-2-7(15-5-14-6)3-13-4-8(16)9(10,11)12/h2,5,8,13,16H,3-4H2,1H3. The molecule has 1 atom stereocenters. The lowest BCUT2D eigenvalue weighted by atomic mass is 10.3. The van der Waals surface area contributed by atoms with Crippen molar-refractivity contribution < 1.29 is 18.3 Å². The van der Waals surface area contributed by atoms with Gasteiger partial charge in [0.25, 0.3) is 0 Å². The molecule has 0 aliphatic rings. The van der Waals surface area contributed by atoms with Crippen molar-refractivity contribution in [2.45, 2.75) is 25.7 Å². The van der Waals surface area contributed by atoms with Gasteiger partial charge in [0.15, 0.2) is 6.10 Å². The van der Waals surface area contributed by atoms with Crippen LogP contribution in [0.15, 0.2) is 12.4 Å². The first-order valence-corrected chi connectivity index (χ1v) is 4.62. The molecule has 0 amide bonds. The van der Waals surface area contributed by atoms with Gasteiger partial charge >= 0.3 is 6.18 Å². The minimum Gasteiger partial charge on any atom is -0.382 e. The largest absolute Gasteiger partial charge is 0.415 e. The Morgan fingerprint density at radius 1 is 1.44 bits per heavy atom. The molecule has 0 fully saturated rings. The average Bonchev–Trinajstić information content (AvgIpc) is 2.16. The van der Waals surface area contributed by atoms with Gasteiger partial charge in [0.05, 0.1) is 5.69 Å². The minimum absolute atomic E-state index is 0.163. The van der Waals surface area contributed by atoms with Gasteiger partial charge in [-0.05, 0) is 13.0 Å². The minimum atomic E-state index is -4.59. The molecule has 1 aromatic rings. The van der Waals surface area contributed by atoms with Crippen LogP contribution in [0.2, 0.25) is 0 Å². The van der Waals surface area contributed by atoms with Gasteiger partial charge in [-0.2, -0.15) is 13.2 Å². The summed E-state index contributed by atoms with van der Waals surface area (Å²) in [6.45, 7) is 1.37. The van der Waals surface area contributed by atoms with Gasteiger partial charge in [0.2, 0.25) is 0 Å². The molecule has 2 N–H and O–H groups in total. The van der Waals surface area contributed by atoms with Crippen molar-refractivity contribution in [1.29, 1.82) is 0 Å². The average molecular weight is 235 g/mol. The number of aromatic nitrogens is 2. The van der Waals surface area contributed by atoms with Crippen molar-refractivity contribution in [3.63, 3.8) is 0 Å². The van der Waals surface area contributed by atoms with Crippen LogP contribution in [0, 0.1) is 6.92 Å². The Kier molecular flexibility index (Phi) is 4.19. The Labute approximate surface area is 90.5 Å². The number of nitrogens with one attached hydrogen (secondary N) is 1. The molecule has 1 rings (SSSR count). The molecular formula is C9H12F3N3O. The van der Waals surface area contributed by atoms with Gasteiger partial charge in [-0.15, -0.1) is 0 Å². The molecule has 0 bridgehead atoms. The van der Waals surface area contributed by atoms with E-state index in [0.717, 1.165) is 5.69 Å². The van der Waals surface area contributed by atoms with Crippen LogP contribution in [0.4, 0.5) is 13.2 Å². The summed E-state index contributed by atoms with van der Waals surface area (Å²) in [6, 6.07) is 1.66. The lowest BCUT2D eigenvalue weighted by Gasteiger charge is -2.14. The van der Waals surface area contributed by atoms with E-state index in [2.05, 4.69) is 15.3 Å². The molecule has 1 aromatic heterocycles. The third-order valence-electron chi connectivity index (χ3n) is 1.88. The summed E-state index contributed by atoms with van der Waals surface area (Å²) < 4.78 is 35.8. The number of aliphatic hydroxyl groups excluding tert-OH is 1. The van der Waals surface area contributed by atoms with E-state index in [0.29, 0.717) is 5.69 Å². The summed E-state index contributed by atoms with van der Waals surface area (Å²) in [5.41, 5.74) is 1.32. The van der Waals surface area contributed by atoms with Gasteiger partial charge in [-0.3, -0.25) is 0 Å². The van der Waals surface area contributed by atoms with Gasteiger partial charge < -0.3 is 10.4 Å². The van der Waals surface area contributed by atoms with E-state index >= 15 is 0 Å². The van der Waals surface area contributed by atoms with E-state index in [-0.39, 0.29) is 6.54 Å². The zero-order valence-electron chi connectivity index (χ0n) is 8.62. The number of hydrogen-bond acceptors (Lipinski definition) is 4. The molecule has 0 saturated carbocycles. The number of rotatable bonds is 4. The van der Waals surface area contributed by atoms with Crippen molar-refractivity contribution in [2.75, 3.05) is 6.54 Å². The molecule has 1 heterocycles. The normalized spacial score (nSPS) is 13.8. The van der Waals surface area contributed by atoms with Crippen LogP contribution in [0.1, 0.15) is 11.4 Å². The van der Waals surface area contributed by atoms with Crippen LogP contribution in [0.5, 0.6) is 0 Å². The molecular weight excluding hydrogens is 223 g/mol. The van der Waals surface area contributed by atoms with Crippen molar-refractivity contribution in [3.8, 4) is 0 Å². The summed E-state index contributed by atoms with van der Waals surface area (Å²) in [5.74, 6) is 0. The molecule has 0 radical (unpaired) electrons. The smallest absolute Gasteiger partial charge is 0.382 e. The molecule has 90 valence electrons. The second kappa shape index (κ2) is 5.22. The number of halogens is 3. The highest BCUT2D eigenvalue weighted by atomic mass is 19.4. The Morgan fingerprint density at radius 2 is 2.12 bits per heavy atom.